The number of hydrogen-bond donors (Lipinski definition) is 0. The molecule has 0 unspecified atom stereocenters. The van der Waals surface area contributed by atoms with E-state index in [1.54, 1.807) is 23.5 Å². The van der Waals surface area contributed by atoms with Crippen LogP contribution in [0.4, 0.5) is 0 Å². The predicted molar refractivity (Wildman–Crippen MR) is 67.2 cm³/mol. The van der Waals surface area contributed by atoms with E-state index in [0.717, 1.165) is 26.4 Å². The third kappa shape index (κ3) is 1.41. The predicted octanol–water partition coefficient (Wildman–Crippen LogP) is 3.07. The number of fused-ring (bicyclic) bond motifs is 2. The Hall–Kier alpha value is -1.74. The molecule has 16 heavy (non-hydrogen) atoms. The SMILES string of the molecule is Cc1cc(=O)cc2sc3ccccc3nc1-2. The van der Waals surface area contributed by atoms with E-state index in [9.17, 15) is 4.79 Å². The molecule has 1 aliphatic heterocycles. The Morgan fingerprint density at radius 1 is 1.19 bits per heavy atom. The molecule has 1 aromatic carbocycles. The van der Waals surface area contributed by atoms with Crippen molar-refractivity contribution in [2.75, 3.05) is 0 Å². The minimum atomic E-state index is 0.0540. The van der Waals surface area contributed by atoms with Crippen molar-refractivity contribution in [2.24, 2.45) is 0 Å². The molecular weight excluding hydrogens is 218 g/mol. The maximum Gasteiger partial charge on any atom is 0.180 e. The Bertz CT molecular complexity index is 702. The summed E-state index contributed by atoms with van der Waals surface area (Å²) in [5, 5.41) is 0. The second-order valence-corrected chi connectivity index (χ2v) is 4.85. The standard InChI is InChI=1S/C13H9NOS/c1-8-6-9(15)7-12-13(8)14-10-4-2-3-5-11(10)16-12/h2-7H,1H3. The zero-order valence-electron chi connectivity index (χ0n) is 8.73. The van der Waals surface area contributed by atoms with Gasteiger partial charge in [0.05, 0.1) is 20.8 Å². The topological polar surface area (TPSA) is 30.0 Å². The molecule has 2 aliphatic rings. The van der Waals surface area contributed by atoms with Crippen LogP contribution in [0.15, 0.2) is 41.2 Å². The molecule has 1 aromatic rings. The molecule has 0 N–H and O–H groups in total. The van der Waals surface area contributed by atoms with Crippen LogP contribution < -0.4 is 5.43 Å². The molecule has 0 saturated carbocycles. The van der Waals surface area contributed by atoms with Crippen molar-refractivity contribution in [1.29, 1.82) is 0 Å². The second-order valence-electron chi connectivity index (χ2n) is 3.77. The Kier molecular flexibility index (Phi) is 2.01. The van der Waals surface area contributed by atoms with Gasteiger partial charge in [-0.25, -0.2) is 4.98 Å². The van der Waals surface area contributed by atoms with Gasteiger partial charge in [-0.2, -0.15) is 0 Å². The summed E-state index contributed by atoms with van der Waals surface area (Å²) >= 11 is 1.62. The van der Waals surface area contributed by atoms with Crippen LogP contribution in [0, 0.1) is 6.92 Å². The van der Waals surface area contributed by atoms with Gasteiger partial charge in [-0.05, 0) is 30.7 Å². The third-order valence-corrected chi connectivity index (χ3v) is 3.65. The molecule has 0 bridgehead atoms. The van der Waals surface area contributed by atoms with Gasteiger partial charge in [0.2, 0.25) is 0 Å². The van der Waals surface area contributed by atoms with Gasteiger partial charge in [0.15, 0.2) is 5.43 Å². The minimum Gasteiger partial charge on any atom is -0.290 e. The molecule has 0 saturated heterocycles. The zero-order valence-corrected chi connectivity index (χ0v) is 9.54. The molecule has 0 aromatic heterocycles. The van der Waals surface area contributed by atoms with Crippen LogP contribution in [0.1, 0.15) is 5.56 Å². The molecule has 2 nitrogen and oxygen atoms in total. The number of aryl methyl sites for hydroxylation is 1. The average molecular weight is 227 g/mol. The van der Waals surface area contributed by atoms with Crippen LogP contribution in [0.25, 0.3) is 20.8 Å². The fraction of sp³-hybridized carbons (Fsp3) is 0.0769. The smallest absolute Gasteiger partial charge is 0.180 e. The largest absolute Gasteiger partial charge is 0.290 e. The van der Waals surface area contributed by atoms with Crippen molar-refractivity contribution in [1.82, 2.24) is 4.98 Å². The lowest BCUT2D eigenvalue weighted by Crippen LogP contribution is -2.01. The van der Waals surface area contributed by atoms with E-state index in [0.29, 0.717) is 0 Å². The Morgan fingerprint density at radius 3 is 2.88 bits per heavy atom. The van der Waals surface area contributed by atoms with E-state index in [4.69, 9.17) is 0 Å². The second kappa shape index (κ2) is 3.39. The molecule has 1 heterocycles. The van der Waals surface area contributed by atoms with Gasteiger partial charge in [-0.1, -0.05) is 12.1 Å². The zero-order chi connectivity index (χ0) is 11.1. The Labute approximate surface area is 96.5 Å². The normalized spacial score (nSPS) is 11.1. The number of hydrogen-bond acceptors (Lipinski definition) is 3. The summed E-state index contributed by atoms with van der Waals surface area (Å²) in [4.78, 5) is 17.0. The molecular formula is C13H9NOS. The van der Waals surface area contributed by atoms with Crippen LogP contribution in [0.2, 0.25) is 0 Å². The Morgan fingerprint density at radius 2 is 2.00 bits per heavy atom. The Balaban J connectivity index is 2.52. The lowest BCUT2D eigenvalue weighted by Gasteiger charge is -2.07. The van der Waals surface area contributed by atoms with Crippen molar-refractivity contribution < 1.29 is 0 Å². The van der Waals surface area contributed by atoms with Gasteiger partial charge in [0.1, 0.15) is 0 Å². The third-order valence-electron chi connectivity index (χ3n) is 2.56. The molecule has 0 fully saturated rings. The van der Waals surface area contributed by atoms with Gasteiger partial charge >= 0.3 is 0 Å². The van der Waals surface area contributed by atoms with Gasteiger partial charge < -0.3 is 0 Å². The van der Waals surface area contributed by atoms with Crippen molar-refractivity contribution in [3.05, 3.63) is 52.2 Å². The van der Waals surface area contributed by atoms with E-state index in [1.807, 2.05) is 31.2 Å². The van der Waals surface area contributed by atoms with E-state index in [1.165, 1.54) is 0 Å². The maximum absolute atomic E-state index is 11.4. The number of para-hydroxylation sites is 1. The van der Waals surface area contributed by atoms with E-state index >= 15 is 0 Å². The van der Waals surface area contributed by atoms with Crippen molar-refractivity contribution >= 4 is 21.6 Å². The first-order valence-corrected chi connectivity index (χ1v) is 5.86. The van der Waals surface area contributed by atoms with Crippen LogP contribution in [-0.4, -0.2) is 4.98 Å². The first kappa shape index (κ1) is 9.48. The summed E-state index contributed by atoms with van der Waals surface area (Å²) in [6, 6.07) is 11.3. The molecule has 0 amide bonds. The molecule has 3 heteroatoms. The molecule has 1 aliphatic carbocycles. The summed E-state index contributed by atoms with van der Waals surface area (Å²) in [6.45, 7) is 1.93. The lowest BCUT2D eigenvalue weighted by molar-refractivity contribution is 1.33. The molecule has 78 valence electrons. The lowest BCUT2D eigenvalue weighted by atomic mass is 10.1. The monoisotopic (exact) mass is 227 g/mol. The number of rotatable bonds is 0. The summed E-state index contributed by atoms with van der Waals surface area (Å²) in [6.07, 6.45) is 0. The van der Waals surface area contributed by atoms with Gasteiger partial charge in [-0.3, -0.25) is 4.79 Å². The number of benzene rings is 2. The van der Waals surface area contributed by atoms with Crippen molar-refractivity contribution in [3.8, 4) is 10.6 Å². The quantitative estimate of drug-likeness (QED) is 0.552. The summed E-state index contributed by atoms with van der Waals surface area (Å²) < 4.78 is 1.11. The molecule has 0 atom stereocenters. The van der Waals surface area contributed by atoms with Gasteiger partial charge in [0, 0.05) is 6.07 Å². The first-order chi connectivity index (χ1) is 7.74. The van der Waals surface area contributed by atoms with Gasteiger partial charge in [-0.15, -0.1) is 11.3 Å². The molecule has 0 radical (unpaired) electrons. The van der Waals surface area contributed by atoms with Crippen molar-refractivity contribution in [3.63, 3.8) is 0 Å². The summed E-state index contributed by atoms with van der Waals surface area (Å²) in [5.41, 5.74) is 2.92. The highest BCUT2D eigenvalue weighted by atomic mass is 32.1. The van der Waals surface area contributed by atoms with Crippen LogP contribution in [0.5, 0.6) is 0 Å². The highest BCUT2D eigenvalue weighted by Gasteiger charge is 2.10. The highest BCUT2D eigenvalue weighted by Crippen LogP contribution is 2.30. The minimum absolute atomic E-state index is 0.0540. The highest BCUT2D eigenvalue weighted by molar-refractivity contribution is 7.21. The van der Waals surface area contributed by atoms with E-state index in [-0.39, 0.29) is 5.43 Å². The van der Waals surface area contributed by atoms with Crippen LogP contribution in [0.3, 0.4) is 0 Å². The summed E-state index contributed by atoms with van der Waals surface area (Å²) in [7, 11) is 0. The van der Waals surface area contributed by atoms with E-state index < -0.39 is 0 Å². The number of aromatic nitrogens is 1. The van der Waals surface area contributed by atoms with Crippen molar-refractivity contribution in [2.45, 2.75) is 6.92 Å². The average Bonchev–Trinajstić information content (AvgIpc) is 2.27. The fourth-order valence-corrected chi connectivity index (χ4v) is 2.89. The molecule has 3 rings (SSSR count). The molecule has 0 spiro atoms. The fourth-order valence-electron chi connectivity index (χ4n) is 1.81. The van der Waals surface area contributed by atoms with E-state index in [2.05, 4.69) is 4.98 Å². The summed E-state index contributed by atoms with van der Waals surface area (Å²) in [5.74, 6) is 0. The first-order valence-electron chi connectivity index (χ1n) is 5.04. The van der Waals surface area contributed by atoms with Crippen LogP contribution >= 0.6 is 11.3 Å². The number of nitrogens with zero attached hydrogens (tertiary/aromatic N) is 1. The van der Waals surface area contributed by atoms with Gasteiger partial charge in [0.25, 0.3) is 0 Å². The van der Waals surface area contributed by atoms with Crippen LogP contribution in [-0.2, 0) is 0 Å². The maximum atomic E-state index is 11.4.